The molecule has 1 aromatic carbocycles. The molecule has 0 radical (unpaired) electrons. The number of piperazine rings is 1. The normalized spacial score (nSPS) is 15.2. The fourth-order valence-corrected chi connectivity index (χ4v) is 2.67. The van der Waals surface area contributed by atoms with Crippen molar-refractivity contribution in [2.45, 2.75) is 6.54 Å². The summed E-state index contributed by atoms with van der Waals surface area (Å²) < 4.78 is 0. The Morgan fingerprint density at radius 1 is 1.36 bits per heavy atom. The number of amides is 2. The van der Waals surface area contributed by atoms with Crippen molar-refractivity contribution in [3.8, 4) is 0 Å². The zero-order chi connectivity index (χ0) is 15.5. The van der Waals surface area contributed by atoms with Crippen LogP contribution in [0.25, 0.3) is 0 Å². The Bertz CT molecular complexity index is 687. The summed E-state index contributed by atoms with van der Waals surface area (Å²) in [6, 6.07) is 7.44. The monoisotopic (exact) mass is 318 g/mol. The first kappa shape index (κ1) is 14.6. The molecule has 0 bridgehead atoms. The number of nitrogens with one attached hydrogen (secondary N) is 1. The predicted molar refractivity (Wildman–Crippen MR) is 81.4 cm³/mol. The standard InChI is InChI=1S/C15H15ClN4O2/c16-13-3-1-2-11(6-13)9-19-4-5-20(10-14(19)21)15(22)12-7-17-18-8-12/h1-3,6-8H,4-5,9-10H2,(H,17,18). The van der Waals surface area contributed by atoms with E-state index in [1.54, 1.807) is 15.9 Å². The van der Waals surface area contributed by atoms with Crippen LogP contribution in [0.4, 0.5) is 0 Å². The molecule has 1 aliphatic rings. The number of aromatic amines is 1. The highest BCUT2D eigenvalue weighted by molar-refractivity contribution is 6.30. The second-order valence-corrected chi connectivity index (χ2v) is 5.60. The quantitative estimate of drug-likeness (QED) is 0.933. The number of H-pyrrole nitrogens is 1. The van der Waals surface area contributed by atoms with E-state index in [9.17, 15) is 9.59 Å². The first-order valence-corrected chi connectivity index (χ1v) is 7.31. The van der Waals surface area contributed by atoms with Crippen molar-refractivity contribution in [3.05, 3.63) is 52.8 Å². The van der Waals surface area contributed by atoms with Crippen LogP contribution in [0.2, 0.25) is 5.02 Å². The average molecular weight is 319 g/mol. The van der Waals surface area contributed by atoms with Gasteiger partial charge in [0.2, 0.25) is 5.91 Å². The highest BCUT2D eigenvalue weighted by Gasteiger charge is 2.28. The van der Waals surface area contributed by atoms with Gasteiger partial charge < -0.3 is 9.80 Å². The predicted octanol–water partition coefficient (Wildman–Crippen LogP) is 1.55. The maximum atomic E-state index is 12.2. The Balaban J connectivity index is 1.63. The smallest absolute Gasteiger partial charge is 0.257 e. The van der Waals surface area contributed by atoms with Crippen LogP contribution >= 0.6 is 11.6 Å². The number of benzene rings is 1. The molecule has 7 heteroatoms. The molecule has 2 aromatic rings. The van der Waals surface area contributed by atoms with Crippen molar-refractivity contribution in [3.63, 3.8) is 0 Å². The van der Waals surface area contributed by atoms with Crippen LogP contribution in [0.5, 0.6) is 0 Å². The van der Waals surface area contributed by atoms with E-state index in [1.165, 1.54) is 12.4 Å². The van der Waals surface area contributed by atoms with Gasteiger partial charge >= 0.3 is 0 Å². The van der Waals surface area contributed by atoms with Crippen LogP contribution in [0.15, 0.2) is 36.7 Å². The lowest BCUT2D eigenvalue weighted by Gasteiger charge is -2.34. The van der Waals surface area contributed by atoms with Crippen molar-refractivity contribution in [2.75, 3.05) is 19.6 Å². The van der Waals surface area contributed by atoms with Gasteiger partial charge in [-0.05, 0) is 17.7 Å². The third kappa shape index (κ3) is 3.12. The molecule has 0 spiro atoms. The Hall–Kier alpha value is -2.34. The van der Waals surface area contributed by atoms with Crippen LogP contribution in [0.3, 0.4) is 0 Å². The van der Waals surface area contributed by atoms with Crippen molar-refractivity contribution >= 4 is 23.4 Å². The first-order valence-electron chi connectivity index (χ1n) is 6.94. The van der Waals surface area contributed by atoms with Gasteiger partial charge in [0.15, 0.2) is 0 Å². The summed E-state index contributed by atoms with van der Waals surface area (Å²) in [7, 11) is 0. The van der Waals surface area contributed by atoms with E-state index in [0.29, 0.717) is 30.2 Å². The highest BCUT2D eigenvalue weighted by atomic mass is 35.5. The summed E-state index contributed by atoms with van der Waals surface area (Å²) in [5.41, 5.74) is 1.45. The molecular formula is C15H15ClN4O2. The van der Waals surface area contributed by atoms with Crippen LogP contribution in [0, 0.1) is 0 Å². The Morgan fingerprint density at radius 2 is 2.23 bits per heavy atom. The minimum atomic E-state index is -0.176. The Morgan fingerprint density at radius 3 is 2.91 bits per heavy atom. The second kappa shape index (κ2) is 6.19. The largest absolute Gasteiger partial charge is 0.335 e. The van der Waals surface area contributed by atoms with Crippen molar-refractivity contribution in [2.24, 2.45) is 0 Å². The first-order chi connectivity index (χ1) is 10.6. The fraction of sp³-hybridized carbons (Fsp3) is 0.267. The third-order valence-electron chi connectivity index (χ3n) is 3.61. The molecule has 1 fully saturated rings. The van der Waals surface area contributed by atoms with Crippen molar-refractivity contribution < 1.29 is 9.59 Å². The molecular weight excluding hydrogens is 304 g/mol. The Labute approximate surface area is 132 Å². The average Bonchev–Trinajstić information content (AvgIpc) is 3.03. The molecule has 2 amide bonds. The molecule has 0 unspecified atom stereocenters. The lowest BCUT2D eigenvalue weighted by Crippen LogP contribution is -2.51. The molecule has 1 aromatic heterocycles. The maximum absolute atomic E-state index is 12.2. The maximum Gasteiger partial charge on any atom is 0.257 e. The summed E-state index contributed by atoms with van der Waals surface area (Å²) >= 11 is 5.96. The van der Waals surface area contributed by atoms with Gasteiger partial charge in [-0.15, -0.1) is 0 Å². The summed E-state index contributed by atoms with van der Waals surface area (Å²) in [5, 5.41) is 7.01. The highest BCUT2D eigenvalue weighted by Crippen LogP contribution is 2.15. The Kier molecular flexibility index (Phi) is 4.11. The molecule has 114 valence electrons. The van der Waals surface area contributed by atoms with Crippen LogP contribution in [0.1, 0.15) is 15.9 Å². The van der Waals surface area contributed by atoms with Crippen molar-refractivity contribution in [1.82, 2.24) is 20.0 Å². The fourth-order valence-electron chi connectivity index (χ4n) is 2.46. The summed E-state index contributed by atoms with van der Waals surface area (Å²) in [5.74, 6) is -0.243. The van der Waals surface area contributed by atoms with Gasteiger partial charge in [0.1, 0.15) is 6.54 Å². The molecule has 2 heterocycles. The summed E-state index contributed by atoms with van der Waals surface area (Å²) in [6.45, 7) is 1.61. The zero-order valence-electron chi connectivity index (χ0n) is 11.8. The molecule has 1 saturated heterocycles. The number of nitrogens with zero attached hydrogens (tertiary/aromatic N) is 3. The SMILES string of the molecule is O=C1CN(C(=O)c2cn[nH]c2)CCN1Cc1cccc(Cl)c1. The molecule has 0 atom stereocenters. The van der Waals surface area contributed by atoms with E-state index in [1.807, 2.05) is 18.2 Å². The molecule has 0 aliphatic carbocycles. The molecule has 22 heavy (non-hydrogen) atoms. The minimum absolute atomic E-state index is 0.0666. The van der Waals surface area contributed by atoms with E-state index in [0.717, 1.165) is 5.56 Å². The molecule has 1 aliphatic heterocycles. The number of hydrogen-bond acceptors (Lipinski definition) is 3. The lowest BCUT2D eigenvalue weighted by molar-refractivity contribution is -0.135. The van der Waals surface area contributed by atoms with Crippen LogP contribution in [-0.2, 0) is 11.3 Å². The molecule has 1 N–H and O–H groups in total. The third-order valence-corrected chi connectivity index (χ3v) is 3.85. The van der Waals surface area contributed by atoms with Gasteiger partial charge in [-0.3, -0.25) is 14.7 Å². The van der Waals surface area contributed by atoms with E-state index < -0.39 is 0 Å². The van der Waals surface area contributed by atoms with Crippen LogP contribution in [-0.4, -0.2) is 51.4 Å². The van der Waals surface area contributed by atoms with Gasteiger partial charge in [-0.1, -0.05) is 23.7 Å². The molecule has 0 saturated carbocycles. The number of rotatable bonds is 3. The zero-order valence-corrected chi connectivity index (χ0v) is 12.6. The number of carbonyl (C=O) groups excluding carboxylic acids is 2. The second-order valence-electron chi connectivity index (χ2n) is 5.16. The lowest BCUT2D eigenvalue weighted by atomic mass is 10.2. The summed E-state index contributed by atoms with van der Waals surface area (Å²) in [6.07, 6.45) is 3.00. The van der Waals surface area contributed by atoms with E-state index in [-0.39, 0.29) is 18.4 Å². The number of halogens is 1. The van der Waals surface area contributed by atoms with Gasteiger partial charge in [0.25, 0.3) is 5.91 Å². The van der Waals surface area contributed by atoms with Gasteiger partial charge in [0, 0.05) is 30.9 Å². The van der Waals surface area contributed by atoms with Gasteiger partial charge in [-0.2, -0.15) is 5.10 Å². The van der Waals surface area contributed by atoms with Gasteiger partial charge in [0.05, 0.1) is 11.8 Å². The summed E-state index contributed by atoms with van der Waals surface area (Å²) in [4.78, 5) is 27.7. The van der Waals surface area contributed by atoms with Crippen LogP contribution < -0.4 is 0 Å². The number of aromatic nitrogens is 2. The van der Waals surface area contributed by atoms with Gasteiger partial charge in [-0.25, -0.2) is 0 Å². The topological polar surface area (TPSA) is 69.3 Å². The number of carbonyl (C=O) groups is 2. The molecule has 6 nitrogen and oxygen atoms in total. The van der Waals surface area contributed by atoms with E-state index >= 15 is 0 Å². The minimum Gasteiger partial charge on any atom is -0.335 e. The van der Waals surface area contributed by atoms with E-state index in [2.05, 4.69) is 10.2 Å². The van der Waals surface area contributed by atoms with E-state index in [4.69, 9.17) is 11.6 Å². The number of hydrogen-bond donors (Lipinski definition) is 1. The molecule has 3 rings (SSSR count). The van der Waals surface area contributed by atoms with Crippen molar-refractivity contribution in [1.29, 1.82) is 0 Å².